The lowest BCUT2D eigenvalue weighted by Crippen LogP contribution is -2.44. The maximum atomic E-state index is 5.30. The van der Waals surface area contributed by atoms with Gasteiger partial charge < -0.3 is 10.1 Å². The highest BCUT2D eigenvalue weighted by atomic mass is 32.1. The van der Waals surface area contributed by atoms with E-state index in [0.29, 0.717) is 12.6 Å². The molecule has 0 aromatic carbocycles. The van der Waals surface area contributed by atoms with Crippen LogP contribution in [0.25, 0.3) is 0 Å². The van der Waals surface area contributed by atoms with Gasteiger partial charge in [0.25, 0.3) is 0 Å². The molecular weight excluding hydrogens is 208 g/mol. The van der Waals surface area contributed by atoms with Gasteiger partial charge in [0.1, 0.15) is 5.01 Å². The van der Waals surface area contributed by atoms with E-state index in [0.717, 1.165) is 10.7 Å². The monoisotopic (exact) mass is 226 g/mol. The summed E-state index contributed by atoms with van der Waals surface area (Å²) in [5, 5.41) is 6.85. The largest absolute Gasteiger partial charge is 0.382 e. The van der Waals surface area contributed by atoms with Crippen molar-refractivity contribution in [2.45, 2.75) is 38.3 Å². The smallest absolute Gasteiger partial charge is 0.115 e. The van der Waals surface area contributed by atoms with Crippen molar-refractivity contribution in [3.8, 4) is 0 Å². The summed E-state index contributed by atoms with van der Waals surface area (Å²) in [6, 6.07) is 0.661. The minimum atomic E-state index is -0.116. The molecule has 15 heavy (non-hydrogen) atoms. The quantitative estimate of drug-likeness (QED) is 0.834. The van der Waals surface area contributed by atoms with Crippen LogP contribution in [0.1, 0.15) is 30.5 Å². The fourth-order valence-electron chi connectivity index (χ4n) is 1.74. The molecule has 1 aromatic heterocycles. The Labute approximate surface area is 94.9 Å². The number of ether oxygens (including phenoxy) is 1. The third kappa shape index (κ3) is 2.56. The van der Waals surface area contributed by atoms with Crippen LogP contribution in [-0.4, -0.2) is 24.7 Å². The van der Waals surface area contributed by atoms with Crippen molar-refractivity contribution in [2.75, 3.05) is 13.7 Å². The van der Waals surface area contributed by atoms with Crippen LogP contribution in [-0.2, 0) is 10.3 Å². The molecule has 1 atom stereocenters. The van der Waals surface area contributed by atoms with Crippen LogP contribution in [0.5, 0.6) is 0 Å². The Bertz CT molecular complexity index is 335. The van der Waals surface area contributed by atoms with Gasteiger partial charge in [0.2, 0.25) is 0 Å². The van der Waals surface area contributed by atoms with Gasteiger partial charge >= 0.3 is 0 Å². The molecule has 1 unspecified atom stereocenters. The van der Waals surface area contributed by atoms with Crippen LogP contribution in [0.2, 0.25) is 0 Å². The summed E-state index contributed by atoms with van der Waals surface area (Å²) in [4.78, 5) is 4.56. The van der Waals surface area contributed by atoms with Crippen LogP contribution >= 0.6 is 11.3 Å². The number of aryl methyl sites for hydroxylation is 1. The Balaban J connectivity index is 2.15. The molecule has 2 rings (SSSR count). The minimum absolute atomic E-state index is 0.116. The Kier molecular flexibility index (Phi) is 3.09. The fourth-order valence-corrected chi connectivity index (χ4v) is 2.65. The molecular formula is C11H18N2OS. The van der Waals surface area contributed by atoms with Crippen molar-refractivity contribution in [1.29, 1.82) is 0 Å². The predicted octanol–water partition coefficient (Wildman–Crippen LogP) is 2.07. The van der Waals surface area contributed by atoms with E-state index in [-0.39, 0.29) is 5.54 Å². The number of nitrogens with zero attached hydrogens (tertiary/aromatic N) is 1. The second kappa shape index (κ2) is 4.20. The maximum absolute atomic E-state index is 5.30. The molecule has 1 aliphatic carbocycles. The van der Waals surface area contributed by atoms with Crippen molar-refractivity contribution < 1.29 is 4.74 Å². The molecule has 1 aromatic rings. The molecule has 0 aliphatic heterocycles. The zero-order chi connectivity index (χ0) is 10.9. The summed E-state index contributed by atoms with van der Waals surface area (Å²) in [5.41, 5.74) is 0.976. The van der Waals surface area contributed by atoms with Crippen molar-refractivity contribution in [3.05, 3.63) is 16.1 Å². The summed E-state index contributed by atoms with van der Waals surface area (Å²) >= 11 is 1.71. The van der Waals surface area contributed by atoms with E-state index < -0.39 is 0 Å². The van der Waals surface area contributed by atoms with Gasteiger partial charge in [-0.05, 0) is 26.7 Å². The van der Waals surface area contributed by atoms with E-state index in [2.05, 4.69) is 22.6 Å². The SMILES string of the molecule is COCC(C)(NC1CC1)c1nc(C)cs1. The Morgan fingerprint density at radius 3 is 2.87 bits per heavy atom. The summed E-state index contributed by atoms with van der Waals surface area (Å²) in [7, 11) is 1.74. The number of hydrogen-bond donors (Lipinski definition) is 1. The van der Waals surface area contributed by atoms with Gasteiger partial charge in [-0.25, -0.2) is 4.98 Å². The van der Waals surface area contributed by atoms with Gasteiger partial charge in [-0.1, -0.05) is 0 Å². The molecule has 4 heteroatoms. The average Bonchev–Trinajstić information content (AvgIpc) is 2.85. The number of rotatable bonds is 5. The molecule has 0 spiro atoms. The first-order valence-corrected chi connectivity index (χ1v) is 6.21. The van der Waals surface area contributed by atoms with Gasteiger partial charge in [-0.3, -0.25) is 0 Å². The van der Waals surface area contributed by atoms with Crippen molar-refractivity contribution in [2.24, 2.45) is 0 Å². The lowest BCUT2D eigenvalue weighted by molar-refractivity contribution is 0.117. The number of methoxy groups -OCH3 is 1. The Hall–Kier alpha value is -0.450. The molecule has 0 bridgehead atoms. The van der Waals surface area contributed by atoms with Gasteiger partial charge in [-0.15, -0.1) is 11.3 Å². The number of hydrogen-bond acceptors (Lipinski definition) is 4. The van der Waals surface area contributed by atoms with Crippen LogP contribution in [0, 0.1) is 6.92 Å². The van der Waals surface area contributed by atoms with Gasteiger partial charge in [-0.2, -0.15) is 0 Å². The summed E-state index contributed by atoms with van der Waals surface area (Å²) in [6.07, 6.45) is 2.56. The minimum Gasteiger partial charge on any atom is -0.382 e. The molecule has 0 amide bonds. The van der Waals surface area contributed by atoms with Crippen LogP contribution in [0.3, 0.4) is 0 Å². The molecule has 0 radical (unpaired) electrons. The van der Waals surface area contributed by atoms with Crippen LogP contribution < -0.4 is 5.32 Å². The van der Waals surface area contributed by atoms with Gasteiger partial charge in [0.05, 0.1) is 12.1 Å². The van der Waals surface area contributed by atoms with E-state index in [9.17, 15) is 0 Å². The van der Waals surface area contributed by atoms with E-state index in [1.165, 1.54) is 12.8 Å². The molecule has 1 N–H and O–H groups in total. The molecule has 1 saturated carbocycles. The molecule has 1 fully saturated rings. The van der Waals surface area contributed by atoms with E-state index in [1.807, 2.05) is 6.92 Å². The first-order chi connectivity index (χ1) is 7.14. The van der Waals surface area contributed by atoms with Crippen molar-refractivity contribution in [3.63, 3.8) is 0 Å². The predicted molar refractivity (Wildman–Crippen MR) is 62.2 cm³/mol. The second-order valence-electron chi connectivity index (χ2n) is 4.48. The third-order valence-electron chi connectivity index (χ3n) is 2.62. The van der Waals surface area contributed by atoms with Crippen molar-refractivity contribution >= 4 is 11.3 Å². The van der Waals surface area contributed by atoms with Crippen LogP contribution in [0.4, 0.5) is 0 Å². The zero-order valence-corrected chi connectivity index (χ0v) is 10.4. The molecule has 84 valence electrons. The fraction of sp³-hybridized carbons (Fsp3) is 0.727. The Morgan fingerprint density at radius 1 is 1.67 bits per heavy atom. The lowest BCUT2D eigenvalue weighted by atomic mass is 10.1. The molecule has 0 saturated heterocycles. The van der Waals surface area contributed by atoms with E-state index in [4.69, 9.17) is 4.74 Å². The first kappa shape index (κ1) is 11.0. The lowest BCUT2D eigenvalue weighted by Gasteiger charge is -2.28. The standard InChI is InChI=1S/C11H18N2OS/c1-8-6-15-10(12-8)11(2,7-14-3)13-9-4-5-9/h6,9,13H,4-5,7H2,1-3H3. The number of thiazole rings is 1. The maximum Gasteiger partial charge on any atom is 0.115 e. The second-order valence-corrected chi connectivity index (χ2v) is 5.34. The van der Waals surface area contributed by atoms with Gasteiger partial charge in [0.15, 0.2) is 0 Å². The highest BCUT2D eigenvalue weighted by Crippen LogP contribution is 2.30. The highest BCUT2D eigenvalue weighted by molar-refractivity contribution is 7.09. The molecule has 3 nitrogen and oxygen atoms in total. The summed E-state index contributed by atoms with van der Waals surface area (Å²) < 4.78 is 5.30. The van der Waals surface area contributed by atoms with E-state index in [1.54, 1.807) is 18.4 Å². The average molecular weight is 226 g/mol. The Morgan fingerprint density at radius 2 is 2.40 bits per heavy atom. The van der Waals surface area contributed by atoms with E-state index >= 15 is 0 Å². The number of nitrogens with one attached hydrogen (secondary N) is 1. The van der Waals surface area contributed by atoms with Crippen molar-refractivity contribution in [1.82, 2.24) is 10.3 Å². The molecule has 1 heterocycles. The van der Waals surface area contributed by atoms with Crippen LogP contribution in [0.15, 0.2) is 5.38 Å². The highest BCUT2D eigenvalue weighted by Gasteiger charge is 2.35. The number of aromatic nitrogens is 1. The third-order valence-corrected chi connectivity index (χ3v) is 3.85. The summed E-state index contributed by atoms with van der Waals surface area (Å²) in [5.74, 6) is 0. The normalized spacial score (nSPS) is 20.2. The summed E-state index contributed by atoms with van der Waals surface area (Å²) in [6.45, 7) is 4.88. The topological polar surface area (TPSA) is 34.1 Å². The first-order valence-electron chi connectivity index (χ1n) is 5.33. The zero-order valence-electron chi connectivity index (χ0n) is 9.54. The van der Waals surface area contributed by atoms with Gasteiger partial charge in [0, 0.05) is 24.2 Å². The molecule has 1 aliphatic rings.